The molecule has 188 valence electrons. The van der Waals surface area contributed by atoms with E-state index in [2.05, 4.69) is 19.7 Å². The fourth-order valence-electron chi connectivity index (χ4n) is 7.35. The van der Waals surface area contributed by atoms with Crippen LogP contribution in [-0.4, -0.2) is 37.7 Å². The average Bonchev–Trinajstić information content (AvgIpc) is 2.71. The van der Waals surface area contributed by atoms with Crippen molar-refractivity contribution >= 4 is 17.9 Å². The Bertz CT molecular complexity index is 761. The van der Waals surface area contributed by atoms with Crippen LogP contribution >= 0.6 is 0 Å². The molecule has 34 heavy (non-hydrogen) atoms. The molecule has 4 rings (SSSR count). The first kappa shape index (κ1) is 26.2. The molecule has 4 aliphatic rings. The molecule has 0 aliphatic heterocycles. The van der Waals surface area contributed by atoms with Gasteiger partial charge in [-0.15, -0.1) is 0 Å². The number of ether oxygens (including phenoxy) is 3. The molecular weight excluding hydrogens is 432 g/mol. The molecule has 0 aromatic heterocycles. The van der Waals surface area contributed by atoms with E-state index in [4.69, 9.17) is 14.2 Å². The number of hydrogen-bond donors (Lipinski definition) is 0. The van der Waals surface area contributed by atoms with Gasteiger partial charge < -0.3 is 14.2 Å². The van der Waals surface area contributed by atoms with E-state index >= 15 is 0 Å². The molecule has 0 N–H and O–H groups in total. The molecule has 4 bridgehead atoms. The summed E-state index contributed by atoms with van der Waals surface area (Å²) in [7, 11) is 0. The molecule has 0 amide bonds. The molecule has 0 saturated heterocycles. The topological polar surface area (TPSA) is 78.9 Å². The van der Waals surface area contributed by atoms with Gasteiger partial charge in [0.1, 0.15) is 0 Å². The van der Waals surface area contributed by atoms with Crippen molar-refractivity contribution in [2.45, 2.75) is 78.6 Å². The zero-order chi connectivity index (χ0) is 25.1. The molecule has 0 aromatic carbocycles. The molecule has 0 aromatic rings. The summed E-state index contributed by atoms with van der Waals surface area (Å²) in [5.74, 6) is -0.436. The van der Waals surface area contributed by atoms with Crippen molar-refractivity contribution < 1.29 is 28.6 Å². The van der Waals surface area contributed by atoms with E-state index in [1.807, 2.05) is 0 Å². The third-order valence-corrected chi connectivity index (χ3v) is 8.06. The van der Waals surface area contributed by atoms with Crippen LogP contribution in [0.2, 0.25) is 0 Å². The predicted molar refractivity (Wildman–Crippen MR) is 130 cm³/mol. The van der Waals surface area contributed by atoms with Crippen LogP contribution in [0.1, 0.15) is 78.6 Å². The molecule has 0 radical (unpaired) electrons. The van der Waals surface area contributed by atoms with Crippen molar-refractivity contribution in [3.05, 3.63) is 36.5 Å². The van der Waals surface area contributed by atoms with Gasteiger partial charge in [-0.3, -0.25) is 0 Å². The Morgan fingerprint density at radius 3 is 1.12 bits per heavy atom. The molecule has 4 fully saturated rings. The maximum Gasteiger partial charge on any atom is 0.333 e. The van der Waals surface area contributed by atoms with Crippen LogP contribution in [0.25, 0.3) is 0 Å². The van der Waals surface area contributed by atoms with Crippen molar-refractivity contribution in [2.24, 2.45) is 22.2 Å². The van der Waals surface area contributed by atoms with Gasteiger partial charge in [0.25, 0.3) is 0 Å². The lowest BCUT2D eigenvalue weighted by molar-refractivity contribution is -0.180. The summed E-state index contributed by atoms with van der Waals surface area (Å²) < 4.78 is 16.5. The van der Waals surface area contributed by atoms with Crippen LogP contribution in [0.5, 0.6) is 0 Å². The summed E-state index contributed by atoms with van der Waals surface area (Å²) in [5, 5.41) is 0. The Hall–Kier alpha value is -2.37. The van der Waals surface area contributed by atoms with Crippen LogP contribution in [0.3, 0.4) is 0 Å². The Morgan fingerprint density at radius 1 is 0.618 bits per heavy atom. The second kappa shape index (κ2) is 10.1. The predicted octanol–water partition coefficient (Wildman–Crippen LogP) is 5.47. The Labute approximate surface area is 203 Å². The zero-order valence-electron chi connectivity index (χ0n) is 21.1. The minimum atomic E-state index is -0.340. The normalized spacial score (nSPS) is 31.0. The van der Waals surface area contributed by atoms with E-state index in [1.165, 1.54) is 0 Å². The van der Waals surface area contributed by atoms with Crippen LogP contribution < -0.4 is 0 Å². The number of carbonyl (C=O) groups excluding carboxylic acids is 3. The molecule has 6 heteroatoms. The highest BCUT2D eigenvalue weighted by Gasteiger charge is 2.62. The van der Waals surface area contributed by atoms with Crippen molar-refractivity contribution in [1.29, 1.82) is 0 Å². The van der Waals surface area contributed by atoms with E-state index in [1.54, 1.807) is 20.8 Å². The van der Waals surface area contributed by atoms with Crippen molar-refractivity contribution in [2.75, 3.05) is 19.8 Å². The zero-order valence-corrected chi connectivity index (χ0v) is 21.1. The van der Waals surface area contributed by atoms with Gasteiger partial charge in [0, 0.05) is 16.7 Å². The largest absolute Gasteiger partial charge is 0.462 e. The molecule has 0 heterocycles. The van der Waals surface area contributed by atoms with Crippen molar-refractivity contribution in [3.8, 4) is 0 Å². The number of esters is 3. The molecule has 4 aliphatic carbocycles. The fourth-order valence-corrected chi connectivity index (χ4v) is 7.35. The summed E-state index contributed by atoms with van der Waals surface area (Å²) in [6.07, 6.45) is 9.04. The monoisotopic (exact) mass is 472 g/mol. The lowest BCUT2D eigenvalue weighted by atomic mass is 9.38. The summed E-state index contributed by atoms with van der Waals surface area (Å²) in [4.78, 5) is 35.8. The first-order chi connectivity index (χ1) is 15.9. The van der Waals surface area contributed by atoms with Gasteiger partial charge in [0.15, 0.2) is 0 Å². The fraction of sp³-hybridized carbons (Fsp3) is 0.679. The minimum absolute atomic E-state index is 0.0888. The smallest absolute Gasteiger partial charge is 0.333 e. The van der Waals surface area contributed by atoms with Gasteiger partial charge in [-0.05, 0) is 101 Å². The third kappa shape index (κ3) is 6.00. The van der Waals surface area contributed by atoms with Crippen molar-refractivity contribution in [3.63, 3.8) is 0 Å². The summed E-state index contributed by atoms with van der Waals surface area (Å²) in [6.45, 7) is 17.2. The van der Waals surface area contributed by atoms with Crippen LogP contribution in [0.4, 0.5) is 0 Å². The first-order valence-electron chi connectivity index (χ1n) is 12.4. The SMILES string of the molecule is C=C(C)C(=O)OCCC12CC3CC(CCOC(=O)C(=C)C)(C1)CC(CCOC(=O)C(=C)C)(C3)C2. The van der Waals surface area contributed by atoms with Gasteiger partial charge in [-0.25, -0.2) is 14.4 Å². The van der Waals surface area contributed by atoms with Gasteiger partial charge >= 0.3 is 17.9 Å². The average molecular weight is 473 g/mol. The van der Waals surface area contributed by atoms with E-state index in [9.17, 15) is 14.4 Å². The summed E-state index contributed by atoms with van der Waals surface area (Å²) in [5.41, 5.74) is 1.51. The number of carbonyl (C=O) groups is 3. The van der Waals surface area contributed by atoms with E-state index in [0.717, 1.165) is 57.8 Å². The maximum atomic E-state index is 11.9. The maximum absolute atomic E-state index is 11.9. The lowest BCUT2D eigenvalue weighted by Gasteiger charge is -2.67. The van der Waals surface area contributed by atoms with Gasteiger partial charge in [0.05, 0.1) is 19.8 Å². The van der Waals surface area contributed by atoms with Crippen LogP contribution in [0, 0.1) is 22.2 Å². The molecule has 6 nitrogen and oxygen atoms in total. The van der Waals surface area contributed by atoms with Crippen molar-refractivity contribution in [1.82, 2.24) is 0 Å². The van der Waals surface area contributed by atoms with E-state index in [-0.39, 0.29) is 34.2 Å². The second-order valence-corrected chi connectivity index (χ2v) is 11.5. The second-order valence-electron chi connectivity index (χ2n) is 11.5. The van der Waals surface area contributed by atoms with E-state index < -0.39 is 0 Å². The van der Waals surface area contributed by atoms with E-state index in [0.29, 0.717) is 42.5 Å². The van der Waals surface area contributed by atoms with Crippen LogP contribution in [-0.2, 0) is 28.6 Å². The summed E-state index contributed by atoms with van der Waals surface area (Å²) in [6, 6.07) is 0. The Morgan fingerprint density at radius 2 is 0.882 bits per heavy atom. The first-order valence-corrected chi connectivity index (χ1v) is 12.4. The summed E-state index contributed by atoms with van der Waals surface area (Å²) >= 11 is 0. The molecule has 0 spiro atoms. The molecule has 0 unspecified atom stereocenters. The van der Waals surface area contributed by atoms with Gasteiger partial charge in [0.2, 0.25) is 0 Å². The highest BCUT2D eigenvalue weighted by Crippen LogP contribution is 2.72. The van der Waals surface area contributed by atoms with Gasteiger partial charge in [-0.2, -0.15) is 0 Å². The Kier molecular flexibility index (Phi) is 7.79. The highest BCUT2D eigenvalue weighted by molar-refractivity contribution is 5.87. The standard InChI is InChI=1S/C28H40O6/c1-19(2)23(29)32-10-7-26-13-22-14-27(16-26,8-11-33-24(30)20(3)4)18-28(15-22,17-26)9-12-34-25(31)21(5)6/h22H,1,3,5,7-18H2,2,4,6H3. The Balaban J connectivity index is 1.74. The number of rotatable bonds is 12. The van der Waals surface area contributed by atoms with Crippen LogP contribution in [0.15, 0.2) is 36.5 Å². The molecule has 0 atom stereocenters. The molecular formula is C28H40O6. The van der Waals surface area contributed by atoms with Gasteiger partial charge in [-0.1, -0.05) is 19.7 Å². The third-order valence-electron chi connectivity index (χ3n) is 8.06. The highest BCUT2D eigenvalue weighted by atomic mass is 16.5. The minimum Gasteiger partial charge on any atom is -0.462 e. The lowest BCUT2D eigenvalue weighted by Crippen LogP contribution is -2.57. The quantitative estimate of drug-likeness (QED) is 0.213. The number of hydrogen-bond acceptors (Lipinski definition) is 6. The molecule has 4 saturated carbocycles.